The fraction of sp³-hybridized carbons (Fsp3) is 0.559. The number of para-hydroxylation sites is 1. The van der Waals surface area contributed by atoms with Crippen LogP contribution in [0.5, 0.6) is 0 Å². The number of carbonyl (C=O) groups excluding carboxylic acids is 4. The molecule has 3 unspecified atom stereocenters. The molecule has 0 spiro atoms. The van der Waals surface area contributed by atoms with Crippen LogP contribution < -0.4 is 5.32 Å². The molecule has 2 aromatic rings. The molecule has 1 aromatic heterocycles. The Morgan fingerprint density at radius 2 is 1.95 bits per heavy atom. The summed E-state index contributed by atoms with van der Waals surface area (Å²) in [7, 11) is 1.57. The standard InChI is InChI=1S/C34H46N2O7/c1-8-29(41-7)34(6)31(36-32(40)43-34)24(4)30(39)22(2)19-33(5,16-15-28(38)23(3)21-37)42-17-11-12-25-18-26-13-9-10-14-27(26)35-20-25/h9-14,18,20-24,29,31H,8,15-17,19H2,1-7H3,(H,36,40)/b12-11+/t22-,23?,24?,29-,31?,33+,34-/m1/s1. The highest BCUT2D eigenvalue weighted by Crippen LogP contribution is 2.36. The first-order chi connectivity index (χ1) is 20.4. The largest absolute Gasteiger partial charge is 0.438 e. The van der Waals surface area contributed by atoms with E-state index in [1.807, 2.05) is 63.3 Å². The summed E-state index contributed by atoms with van der Waals surface area (Å²) < 4.78 is 17.6. The van der Waals surface area contributed by atoms with Gasteiger partial charge < -0.3 is 24.3 Å². The predicted molar refractivity (Wildman–Crippen MR) is 165 cm³/mol. The van der Waals surface area contributed by atoms with Crippen molar-refractivity contribution >= 4 is 40.9 Å². The van der Waals surface area contributed by atoms with Gasteiger partial charge in [-0.15, -0.1) is 0 Å². The topological polar surface area (TPSA) is 121 Å². The zero-order valence-corrected chi connectivity index (χ0v) is 26.4. The van der Waals surface area contributed by atoms with Crippen LogP contribution >= 0.6 is 0 Å². The fourth-order valence-corrected chi connectivity index (χ4v) is 6.15. The number of methoxy groups -OCH3 is 1. The monoisotopic (exact) mass is 594 g/mol. The lowest BCUT2D eigenvalue weighted by atomic mass is 9.76. The van der Waals surface area contributed by atoms with Gasteiger partial charge in [-0.25, -0.2) is 4.79 Å². The number of fused-ring (bicyclic) bond motifs is 1. The molecule has 0 radical (unpaired) electrons. The third-order valence-corrected chi connectivity index (χ3v) is 8.73. The highest BCUT2D eigenvalue weighted by atomic mass is 16.6. The molecule has 1 N–H and O–H groups in total. The molecule has 7 atom stereocenters. The van der Waals surface area contributed by atoms with Crippen molar-refractivity contribution in [3.8, 4) is 0 Å². The number of aldehydes is 1. The molecule has 1 fully saturated rings. The zero-order valence-electron chi connectivity index (χ0n) is 26.4. The van der Waals surface area contributed by atoms with E-state index in [1.165, 1.54) is 0 Å². The van der Waals surface area contributed by atoms with Gasteiger partial charge in [-0.2, -0.15) is 0 Å². The van der Waals surface area contributed by atoms with Crippen molar-refractivity contribution in [1.29, 1.82) is 0 Å². The molecule has 234 valence electrons. The number of nitrogens with zero attached hydrogens (tertiary/aromatic N) is 1. The van der Waals surface area contributed by atoms with Crippen molar-refractivity contribution in [1.82, 2.24) is 10.3 Å². The molecule has 1 aliphatic rings. The normalized spacial score (nSPS) is 22.8. The average molecular weight is 595 g/mol. The number of ketones is 2. The number of ether oxygens (including phenoxy) is 3. The van der Waals surface area contributed by atoms with Gasteiger partial charge in [0, 0.05) is 36.9 Å². The number of hydrogen-bond donors (Lipinski definition) is 1. The summed E-state index contributed by atoms with van der Waals surface area (Å²) in [6.45, 7) is 11.1. The summed E-state index contributed by atoms with van der Waals surface area (Å²) >= 11 is 0. The number of benzene rings is 1. The van der Waals surface area contributed by atoms with E-state index in [4.69, 9.17) is 14.2 Å². The molecule has 1 aliphatic heterocycles. The molecule has 1 aromatic carbocycles. The van der Waals surface area contributed by atoms with Crippen LogP contribution in [-0.4, -0.2) is 66.0 Å². The molecule has 1 amide bonds. The lowest BCUT2D eigenvalue weighted by Gasteiger charge is -2.38. The van der Waals surface area contributed by atoms with Crippen LogP contribution in [0.15, 0.2) is 42.6 Å². The van der Waals surface area contributed by atoms with E-state index in [-0.39, 0.29) is 30.7 Å². The fourth-order valence-electron chi connectivity index (χ4n) is 6.15. The van der Waals surface area contributed by atoms with E-state index < -0.39 is 41.1 Å². The molecule has 2 heterocycles. The Hall–Kier alpha value is -3.43. The second-order valence-corrected chi connectivity index (χ2v) is 12.1. The summed E-state index contributed by atoms with van der Waals surface area (Å²) in [4.78, 5) is 54.3. The summed E-state index contributed by atoms with van der Waals surface area (Å²) in [5.41, 5.74) is 0.0225. The van der Waals surface area contributed by atoms with E-state index in [2.05, 4.69) is 10.3 Å². The molecule has 9 heteroatoms. The maximum absolute atomic E-state index is 13.8. The Balaban J connectivity index is 1.74. The molecule has 1 saturated heterocycles. The number of alkyl carbamates (subject to hydrolysis) is 1. The van der Waals surface area contributed by atoms with Crippen molar-refractivity contribution in [2.75, 3.05) is 13.7 Å². The molecular formula is C34H46N2O7. The van der Waals surface area contributed by atoms with E-state index in [0.717, 1.165) is 16.5 Å². The molecule has 0 bridgehead atoms. The van der Waals surface area contributed by atoms with Gasteiger partial charge in [0.25, 0.3) is 0 Å². The lowest BCUT2D eigenvalue weighted by Crippen LogP contribution is -2.55. The number of hydrogen-bond acceptors (Lipinski definition) is 8. The minimum atomic E-state index is -1.00. The summed E-state index contributed by atoms with van der Waals surface area (Å²) in [6.07, 6.45) is 6.78. The maximum atomic E-state index is 13.8. The highest BCUT2D eigenvalue weighted by molar-refractivity contribution is 5.92. The molecule has 3 rings (SSSR count). The minimum Gasteiger partial charge on any atom is -0.438 e. The van der Waals surface area contributed by atoms with Gasteiger partial charge in [0.1, 0.15) is 17.9 Å². The Morgan fingerprint density at radius 3 is 2.63 bits per heavy atom. The van der Waals surface area contributed by atoms with Gasteiger partial charge in [0.15, 0.2) is 5.60 Å². The van der Waals surface area contributed by atoms with Gasteiger partial charge in [-0.1, -0.05) is 51.1 Å². The van der Waals surface area contributed by atoms with Gasteiger partial charge in [0.05, 0.1) is 35.8 Å². The number of Topliss-reactive ketones (excluding diaryl/α,β-unsaturated/α-hetero) is 2. The number of nitrogens with one attached hydrogen (secondary N) is 1. The lowest BCUT2D eigenvalue weighted by molar-refractivity contribution is -0.134. The summed E-state index contributed by atoms with van der Waals surface area (Å²) in [5.74, 6) is -1.91. The summed E-state index contributed by atoms with van der Waals surface area (Å²) in [5, 5.41) is 3.87. The zero-order chi connectivity index (χ0) is 31.8. The van der Waals surface area contributed by atoms with Crippen LogP contribution in [0, 0.1) is 17.8 Å². The number of cyclic esters (lactones) is 1. The molecule has 9 nitrogen and oxygen atoms in total. The smallest absolute Gasteiger partial charge is 0.408 e. The van der Waals surface area contributed by atoms with E-state index in [0.29, 0.717) is 25.5 Å². The first-order valence-corrected chi connectivity index (χ1v) is 15.1. The Labute approximate surface area is 254 Å². The van der Waals surface area contributed by atoms with Crippen LogP contribution in [0.4, 0.5) is 4.79 Å². The Morgan fingerprint density at radius 1 is 1.23 bits per heavy atom. The average Bonchev–Trinajstić information content (AvgIpc) is 3.31. The number of pyridine rings is 1. The SMILES string of the molecule is CC[C@@H](OC)[C@@]1(C)OC(=O)NC1C(C)C(=O)[C@H](C)C[C@](C)(CCC(=O)C(C)C=O)OC/C=C/c1cnc2ccccc2c1. The first-order valence-electron chi connectivity index (χ1n) is 15.1. The number of amides is 1. The molecule has 43 heavy (non-hydrogen) atoms. The number of carbonyl (C=O) groups is 4. The van der Waals surface area contributed by atoms with Crippen LogP contribution in [0.3, 0.4) is 0 Å². The number of aromatic nitrogens is 1. The maximum Gasteiger partial charge on any atom is 0.408 e. The van der Waals surface area contributed by atoms with Crippen LogP contribution in [0.25, 0.3) is 17.0 Å². The van der Waals surface area contributed by atoms with Crippen LogP contribution in [-0.2, 0) is 28.6 Å². The Bertz CT molecular complexity index is 1320. The third kappa shape index (κ3) is 8.36. The van der Waals surface area contributed by atoms with E-state index in [9.17, 15) is 19.2 Å². The quantitative estimate of drug-likeness (QED) is 0.182. The second kappa shape index (κ2) is 14.8. The van der Waals surface area contributed by atoms with Crippen molar-refractivity contribution < 1.29 is 33.4 Å². The van der Waals surface area contributed by atoms with Gasteiger partial charge in [0.2, 0.25) is 0 Å². The van der Waals surface area contributed by atoms with E-state index >= 15 is 0 Å². The predicted octanol–water partition coefficient (Wildman–Crippen LogP) is 5.73. The summed E-state index contributed by atoms with van der Waals surface area (Å²) in [6, 6.07) is 9.36. The van der Waals surface area contributed by atoms with Crippen molar-refractivity contribution in [2.24, 2.45) is 17.8 Å². The second-order valence-electron chi connectivity index (χ2n) is 12.1. The van der Waals surface area contributed by atoms with Gasteiger partial charge >= 0.3 is 6.09 Å². The molecule has 0 aliphatic carbocycles. The van der Waals surface area contributed by atoms with Gasteiger partial charge in [-0.05, 0) is 57.7 Å². The van der Waals surface area contributed by atoms with Gasteiger partial charge in [-0.3, -0.25) is 14.6 Å². The van der Waals surface area contributed by atoms with Crippen molar-refractivity contribution in [2.45, 2.75) is 90.6 Å². The molecule has 0 saturated carbocycles. The van der Waals surface area contributed by atoms with Crippen molar-refractivity contribution in [3.05, 3.63) is 48.2 Å². The third-order valence-electron chi connectivity index (χ3n) is 8.73. The van der Waals surface area contributed by atoms with Crippen molar-refractivity contribution in [3.63, 3.8) is 0 Å². The Kier molecular flexibility index (Phi) is 11.8. The number of rotatable bonds is 17. The van der Waals surface area contributed by atoms with Crippen LogP contribution in [0.1, 0.15) is 72.8 Å². The minimum absolute atomic E-state index is 0.0480. The van der Waals surface area contributed by atoms with E-state index in [1.54, 1.807) is 34.1 Å². The highest BCUT2D eigenvalue weighted by Gasteiger charge is 2.54. The first kappa shape index (κ1) is 34.1. The van der Waals surface area contributed by atoms with Crippen LogP contribution in [0.2, 0.25) is 0 Å². The molecular weight excluding hydrogens is 548 g/mol.